The summed E-state index contributed by atoms with van der Waals surface area (Å²) in [5, 5.41) is 9.58. The van der Waals surface area contributed by atoms with Gasteiger partial charge in [-0.05, 0) is 34.1 Å². The average Bonchev–Trinajstić information content (AvgIpc) is 2.61. The van der Waals surface area contributed by atoms with Crippen LogP contribution in [0.25, 0.3) is 0 Å². The quantitative estimate of drug-likeness (QED) is 0.804. The van der Waals surface area contributed by atoms with Crippen LogP contribution in [0.4, 0.5) is 18.0 Å². The van der Waals surface area contributed by atoms with Crippen LogP contribution in [0.1, 0.15) is 34.1 Å². The van der Waals surface area contributed by atoms with E-state index >= 15 is 0 Å². The molecule has 1 heterocycles. The van der Waals surface area contributed by atoms with Gasteiger partial charge in [-0.3, -0.25) is 0 Å². The molecule has 19 heavy (non-hydrogen) atoms. The highest BCUT2D eigenvalue weighted by Gasteiger charge is 2.56. The molecule has 0 aromatic rings. The van der Waals surface area contributed by atoms with E-state index in [0.29, 0.717) is 0 Å². The highest BCUT2D eigenvalue weighted by atomic mass is 19.4. The van der Waals surface area contributed by atoms with Crippen molar-refractivity contribution in [3.63, 3.8) is 0 Å². The van der Waals surface area contributed by atoms with Crippen LogP contribution in [0.5, 0.6) is 0 Å². The van der Waals surface area contributed by atoms with E-state index in [1.54, 1.807) is 20.8 Å². The molecular formula is C12H20F3NO3. The van der Waals surface area contributed by atoms with Crippen LogP contribution in [0, 0.1) is 5.92 Å². The minimum absolute atomic E-state index is 0.103. The van der Waals surface area contributed by atoms with E-state index in [4.69, 9.17) is 4.74 Å². The summed E-state index contributed by atoms with van der Waals surface area (Å²) in [5.41, 5.74) is -3.48. The van der Waals surface area contributed by atoms with Gasteiger partial charge in [-0.25, -0.2) is 4.79 Å². The first-order valence-corrected chi connectivity index (χ1v) is 6.11. The second-order valence-electron chi connectivity index (χ2n) is 6.06. The van der Waals surface area contributed by atoms with E-state index in [1.165, 1.54) is 4.90 Å². The van der Waals surface area contributed by atoms with Gasteiger partial charge >= 0.3 is 12.3 Å². The maximum atomic E-state index is 12.7. The van der Waals surface area contributed by atoms with Crippen LogP contribution < -0.4 is 0 Å². The number of rotatable bonds is 1. The summed E-state index contributed by atoms with van der Waals surface area (Å²) in [6, 6.07) is 0. The molecule has 1 saturated heterocycles. The van der Waals surface area contributed by atoms with Crippen molar-refractivity contribution in [1.29, 1.82) is 0 Å². The van der Waals surface area contributed by atoms with Gasteiger partial charge < -0.3 is 14.7 Å². The highest BCUT2D eigenvalue weighted by Crippen LogP contribution is 2.40. The molecular weight excluding hydrogens is 263 g/mol. The smallest absolute Gasteiger partial charge is 0.417 e. The minimum atomic E-state index is -4.71. The summed E-state index contributed by atoms with van der Waals surface area (Å²) < 4.78 is 43.2. The van der Waals surface area contributed by atoms with Crippen molar-refractivity contribution < 1.29 is 27.8 Å². The average molecular weight is 283 g/mol. The molecule has 1 aliphatic rings. The fourth-order valence-electron chi connectivity index (χ4n) is 1.94. The first-order valence-electron chi connectivity index (χ1n) is 6.11. The third-order valence-corrected chi connectivity index (χ3v) is 3.21. The number of carbonyl (C=O) groups excluding carboxylic acids is 1. The molecule has 2 unspecified atom stereocenters. The van der Waals surface area contributed by atoms with Gasteiger partial charge in [0.25, 0.3) is 0 Å². The number of nitrogens with zero attached hydrogens (tertiary/aromatic N) is 1. The van der Waals surface area contributed by atoms with Gasteiger partial charge in [0.05, 0.1) is 0 Å². The Balaban J connectivity index is 2.67. The normalized spacial score (nSPS) is 24.2. The Bertz CT molecular complexity index is 347. The Morgan fingerprint density at radius 1 is 1.26 bits per heavy atom. The maximum absolute atomic E-state index is 12.7. The lowest BCUT2D eigenvalue weighted by Gasteiger charge is -2.32. The molecule has 1 fully saturated rings. The summed E-state index contributed by atoms with van der Waals surface area (Å²) in [5.74, 6) is -1.03. The molecule has 2 atom stereocenters. The Kier molecular flexibility index (Phi) is 4.10. The molecule has 112 valence electrons. The van der Waals surface area contributed by atoms with Crippen molar-refractivity contribution in [3.05, 3.63) is 0 Å². The van der Waals surface area contributed by atoms with Crippen molar-refractivity contribution in [1.82, 2.24) is 4.90 Å². The highest BCUT2D eigenvalue weighted by molar-refractivity contribution is 5.68. The molecule has 7 heteroatoms. The van der Waals surface area contributed by atoms with Gasteiger partial charge in [0.1, 0.15) is 5.60 Å². The predicted molar refractivity (Wildman–Crippen MR) is 62.6 cm³/mol. The summed E-state index contributed by atoms with van der Waals surface area (Å²) in [6.07, 6.45) is -5.25. The van der Waals surface area contributed by atoms with Crippen LogP contribution in [-0.4, -0.2) is 46.6 Å². The van der Waals surface area contributed by atoms with Crippen LogP contribution in [0.2, 0.25) is 0 Å². The van der Waals surface area contributed by atoms with E-state index in [0.717, 1.165) is 6.92 Å². The SMILES string of the molecule is CC(C)(C)OC(=O)N1CCC(C(C)(O)C(F)(F)F)C1. The number of amides is 1. The summed E-state index contributed by atoms with van der Waals surface area (Å²) in [6.45, 7) is 5.81. The number of ether oxygens (including phenoxy) is 1. The second kappa shape index (κ2) is 4.85. The van der Waals surface area contributed by atoms with Gasteiger partial charge in [-0.2, -0.15) is 13.2 Å². The Hall–Kier alpha value is -0.980. The number of hydrogen-bond donors (Lipinski definition) is 1. The molecule has 1 rings (SSSR count). The Labute approximate surface area is 110 Å². The molecule has 0 aromatic carbocycles. The van der Waals surface area contributed by atoms with E-state index in [1.807, 2.05) is 0 Å². The lowest BCUT2D eigenvalue weighted by atomic mass is 9.88. The second-order valence-corrected chi connectivity index (χ2v) is 6.06. The van der Waals surface area contributed by atoms with E-state index in [9.17, 15) is 23.1 Å². The van der Waals surface area contributed by atoms with Gasteiger partial charge in [0, 0.05) is 19.0 Å². The zero-order valence-electron chi connectivity index (χ0n) is 11.5. The fourth-order valence-corrected chi connectivity index (χ4v) is 1.94. The van der Waals surface area contributed by atoms with Crippen LogP contribution in [-0.2, 0) is 4.74 Å². The molecule has 0 aliphatic carbocycles. The largest absolute Gasteiger partial charge is 0.444 e. The molecule has 0 radical (unpaired) electrons. The van der Waals surface area contributed by atoms with Gasteiger partial charge in [0.2, 0.25) is 0 Å². The third kappa shape index (κ3) is 3.75. The summed E-state index contributed by atoms with van der Waals surface area (Å²) in [7, 11) is 0. The third-order valence-electron chi connectivity index (χ3n) is 3.21. The fraction of sp³-hybridized carbons (Fsp3) is 0.917. The van der Waals surface area contributed by atoms with Crippen LogP contribution in [0.15, 0.2) is 0 Å². The molecule has 1 N–H and O–H groups in total. The van der Waals surface area contributed by atoms with Crippen molar-refractivity contribution in [2.45, 2.75) is 51.5 Å². The lowest BCUT2D eigenvalue weighted by molar-refractivity contribution is -0.270. The number of hydrogen-bond acceptors (Lipinski definition) is 3. The van der Waals surface area contributed by atoms with Crippen molar-refractivity contribution in [3.8, 4) is 0 Å². The Morgan fingerprint density at radius 3 is 2.21 bits per heavy atom. The molecule has 4 nitrogen and oxygen atoms in total. The minimum Gasteiger partial charge on any atom is -0.444 e. The summed E-state index contributed by atoms with van der Waals surface area (Å²) >= 11 is 0. The van der Waals surface area contributed by atoms with E-state index in [2.05, 4.69) is 0 Å². The number of aliphatic hydroxyl groups is 1. The number of likely N-dealkylation sites (tertiary alicyclic amines) is 1. The maximum Gasteiger partial charge on any atom is 0.417 e. The zero-order chi connectivity index (χ0) is 15.1. The van der Waals surface area contributed by atoms with E-state index < -0.39 is 29.4 Å². The first kappa shape index (κ1) is 16.1. The molecule has 0 bridgehead atoms. The molecule has 0 aromatic heterocycles. The van der Waals surface area contributed by atoms with Gasteiger partial charge in [0.15, 0.2) is 5.60 Å². The van der Waals surface area contributed by atoms with Crippen LogP contribution in [0.3, 0.4) is 0 Å². The lowest BCUT2D eigenvalue weighted by Crippen LogP contribution is -2.50. The van der Waals surface area contributed by atoms with Gasteiger partial charge in [-0.1, -0.05) is 0 Å². The summed E-state index contributed by atoms with van der Waals surface area (Å²) in [4.78, 5) is 12.9. The number of halogens is 3. The zero-order valence-corrected chi connectivity index (χ0v) is 11.5. The van der Waals surface area contributed by atoms with Crippen molar-refractivity contribution >= 4 is 6.09 Å². The van der Waals surface area contributed by atoms with Crippen molar-refractivity contribution in [2.24, 2.45) is 5.92 Å². The monoisotopic (exact) mass is 283 g/mol. The van der Waals surface area contributed by atoms with Crippen molar-refractivity contribution in [2.75, 3.05) is 13.1 Å². The van der Waals surface area contributed by atoms with Crippen LogP contribution >= 0.6 is 0 Å². The van der Waals surface area contributed by atoms with E-state index in [-0.39, 0.29) is 19.5 Å². The number of carbonyl (C=O) groups is 1. The number of alkyl halides is 3. The van der Waals surface area contributed by atoms with Gasteiger partial charge in [-0.15, -0.1) is 0 Å². The Morgan fingerprint density at radius 2 is 1.79 bits per heavy atom. The predicted octanol–water partition coefficient (Wildman–Crippen LogP) is 2.56. The molecule has 0 spiro atoms. The standard InChI is InChI=1S/C12H20F3NO3/c1-10(2,3)19-9(17)16-6-5-8(7-16)11(4,18)12(13,14)15/h8,18H,5-7H2,1-4H3. The topological polar surface area (TPSA) is 49.8 Å². The first-order chi connectivity index (χ1) is 8.34. The molecule has 0 saturated carbocycles. The molecule has 1 aliphatic heterocycles. The molecule has 1 amide bonds.